The first-order valence-electron chi connectivity index (χ1n) is 0.833. The molecule has 0 aromatic carbocycles. The molecule has 0 rings (SSSR count). The summed E-state index contributed by atoms with van der Waals surface area (Å²) in [7, 11) is 0. The molecule has 0 aliphatic rings. The van der Waals surface area contributed by atoms with Gasteiger partial charge in [-0.3, -0.25) is 0 Å². The molecule has 0 saturated heterocycles. The fourth-order valence-corrected chi connectivity index (χ4v) is 0. The van der Waals surface area contributed by atoms with E-state index in [9.17, 15) is 0 Å². The molecule has 0 bridgehead atoms. The minimum Gasteiger partial charge on any atom is 0 e. The summed E-state index contributed by atoms with van der Waals surface area (Å²) < 4.78 is 43.3. The Morgan fingerprint density at radius 3 is 0.750 bits per heavy atom. The van der Waals surface area contributed by atoms with Crippen molar-refractivity contribution in [3.63, 3.8) is 0 Å². The molecule has 0 unspecified atom stereocenters. The second kappa shape index (κ2) is 3.21. The maximum atomic E-state index is 8.65. The van der Waals surface area contributed by atoms with Gasteiger partial charge in [0.1, 0.15) is 0 Å². The predicted molar refractivity (Wildman–Crippen MR) is 3.43 cm³/mol. The maximum Gasteiger partial charge on any atom is 0 e. The molecule has 0 fully saturated rings. The molecule has 0 heterocycles. The quantitative estimate of drug-likeness (QED) is 0.498. The van der Waals surface area contributed by atoms with Gasteiger partial charge in [-0.2, -0.15) is 0 Å². The van der Waals surface area contributed by atoms with Crippen LogP contribution < -0.4 is 0 Å². The van der Waals surface area contributed by atoms with Crippen molar-refractivity contribution in [1.82, 2.24) is 0 Å². The molecule has 5 nitrogen and oxygen atoms in total. The van der Waals surface area contributed by atoms with E-state index in [1.165, 1.54) is 0 Å². The van der Waals surface area contributed by atoms with Crippen LogP contribution in [0.4, 0.5) is 0 Å². The molecule has 0 aliphatic carbocycles. The first-order chi connectivity index (χ1) is 2.24. The zero-order valence-electron chi connectivity index (χ0n) is 3.30. The first-order valence-corrected chi connectivity index (χ1v) is 4.93. The van der Waals surface area contributed by atoms with Gasteiger partial charge in [0.2, 0.25) is 0 Å². The van der Waals surface area contributed by atoms with E-state index in [4.69, 9.17) is 17.0 Å². The molecule has 0 atom stereocenters. The second-order valence-electron chi connectivity index (χ2n) is 0.680. The Morgan fingerprint density at radius 1 is 0.750 bits per heavy atom. The van der Waals surface area contributed by atoms with Gasteiger partial charge in [0.05, 0.1) is 0 Å². The fourth-order valence-electron chi connectivity index (χ4n) is 0. The van der Waals surface area contributed by atoms with E-state index in [1.54, 1.807) is 0 Å². The molecule has 1 radical (unpaired) electrons. The number of hydrogen-bond donors (Lipinski definition) is 0. The molecule has 0 spiro atoms. The van der Waals surface area contributed by atoms with Crippen LogP contribution in [-0.2, 0) is 71.2 Å². The molecule has 0 N–H and O–H groups in total. The molecular formula is MoO5VW. The predicted octanol–water partition coefficient (Wildman–Crippen LogP) is -0.601. The van der Waals surface area contributed by atoms with E-state index in [0.717, 1.165) is 0 Å². The molecule has 8 heteroatoms. The van der Waals surface area contributed by atoms with Gasteiger partial charge in [-0.1, -0.05) is 0 Å². The van der Waals surface area contributed by atoms with Crippen LogP contribution in [0.3, 0.4) is 0 Å². The summed E-state index contributed by atoms with van der Waals surface area (Å²) in [5, 5.41) is 0. The third-order valence-corrected chi connectivity index (χ3v) is 0. The van der Waals surface area contributed by atoms with Crippen molar-refractivity contribution in [2.45, 2.75) is 0 Å². The van der Waals surface area contributed by atoms with Crippen molar-refractivity contribution in [3.8, 4) is 0 Å². The minimum absolute atomic E-state index is 0. The van der Waals surface area contributed by atoms with E-state index in [-0.39, 0.29) is 39.6 Å². The standard InChI is InChI=1S/Mo.5O.V.W. The van der Waals surface area contributed by atoms with E-state index in [0.29, 0.717) is 0 Å². The number of rotatable bonds is 0. The molecular weight excluding hydrogens is 411 g/mol. The molecule has 0 aromatic rings. The van der Waals surface area contributed by atoms with Gasteiger partial charge in [-0.05, 0) is 0 Å². The topological polar surface area (TPSA) is 85.3 Å². The van der Waals surface area contributed by atoms with Crippen molar-refractivity contribution in [2.75, 3.05) is 0 Å². The largest absolute Gasteiger partial charge is 0 e. The van der Waals surface area contributed by atoms with Crippen molar-refractivity contribution >= 4 is 0 Å². The van der Waals surface area contributed by atoms with Crippen LogP contribution in [0.1, 0.15) is 0 Å². The van der Waals surface area contributed by atoms with Crippen LogP contribution >= 0.6 is 0 Å². The molecule has 0 saturated carbocycles. The smallest absolute Gasteiger partial charge is 0 e. The minimum atomic E-state index is -7.87. The Kier molecular flexibility index (Phi) is 6.41. The van der Waals surface area contributed by atoms with Crippen molar-refractivity contribution in [2.24, 2.45) is 0 Å². The molecule has 8 heavy (non-hydrogen) atoms. The van der Waals surface area contributed by atoms with Crippen LogP contribution in [0, 0.1) is 0 Å². The van der Waals surface area contributed by atoms with E-state index >= 15 is 0 Å². The summed E-state index contributed by atoms with van der Waals surface area (Å²) in [6, 6.07) is 0. The molecule has 47 valence electrons. The Morgan fingerprint density at radius 2 is 0.750 bits per heavy atom. The Labute approximate surface area is 70.7 Å². The second-order valence-corrected chi connectivity index (χ2v) is 4.03. The first kappa shape index (κ1) is 16.0. The van der Waals surface area contributed by atoms with Gasteiger partial charge in [0, 0.05) is 39.6 Å². The summed E-state index contributed by atoms with van der Waals surface area (Å²) >= 11 is -7.87. The summed E-state index contributed by atoms with van der Waals surface area (Å²) in [6.45, 7) is 0. The Balaban J connectivity index is -0.000000125. The zero-order chi connectivity index (χ0) is 5.45. The van der Waals surface area contributed by atoms with E-state index < -0.39 is 14.6 Å². The van der Waals surface area contributed by atoms with E-state index in [2.05, 4.69) is 0 Å². The van der Waals surface area contributed by atoms with Crippen LogP contribution in [0.5, 0.6) is 0 Å². The van der Waals surface area contributed by atoms with E-state index in [1.807, 2.05) is 0 Å². The van der Waals surface area contributed by atoms with Gasteiger partial charge < -0.3 is 0 Å². The summed E-state index contributed by atoms with van der Waals surface area (Å²) in [5.41, 5.74) is 0. The summed E-state index contributed by atoms with van der Waals surface area (Å²) in [5.74, 6) is 0. The third kappa shape index (κ3) is 268. The molecule has 0 aliphatic heterocycles. The van der Waals surface area contributed by atoms with Gasteiger partial charge in [0.25, 0.3) is 0 Å². The third-order valence-electron chi connectivity index (χ3n) is 0. The van der Waals surface area contributed by atoms with Crippen molar-refractivity contribution in [3.05, 3.63) is 0 Å². The monoisotopic (exact) mass is 413 g/mol. The summed E-state index contributed by atoms with van der Waals surface area (Å²) in [4.78, 5) is 0. The summed E-state index contributed by atoms with van der Waals surface area (Å²) in [6.07, 6.45) is 0. The SMILES string of the molecule is [O]=[Mo](=[O])(=[O])(=[O])=[O].[V].[W]. The van der Waals surface area contributed by atoms with Gasteiger partial charge in [0.15, 0.2) is 0 Å². The maximum absolute atomic E-state index is 8.65. The fraction of sp³-hybridized carbons (Fsp3) is 0. The van der Waals surface area contributed by atoms with Crippen LogP contribution in [0.2, 0.25) is 0 Å². The average Bonchev–Trinajstić information content (AvgIpc) is 0.650. The Hall–Kier alpha value is 0.961. The number of hydrogen-bond acceptors (Lipinski definition) is 5. The molecule has 0 aromatic heterocycles. The van der Waals surface area contributed by atoms with Crippen LogP contribution in [0.15, 0.2) is 0 Å². The van der Waals surface area contributed by atoms with Crippen molar-refractivity contribution < 1.29 is 71.2 Å². The average molecular weight is 411 g/mol. The molecule has 0 amide bonds. The van der Waals surface area contributed by atoms with Crippen molar-refractivity contribution in [1.29, 1.82) is 0 Å². The van der Waals surface area contributed by atoms with Gasteiger partial charge in [-0.25, -0.2) is 0 Å². The van der Waals surface area contributed by atoms with Crippen LogP contribution in [-0.4, -0.2) is 0 Å². The Bertz CT molecular complexity index is 282. The van der Waals surface area contributed by atoms with Crippen LogP contribution in [0.25, 0.3) is 0 Å². The van der Waals surface area contributed by atoms with Gasteiger partial charge in [-0.15, -0.1) is 0 Å². The zero-order valence-corrected chi connectivity index (χ0v) is 9.64. The van der Waals surface area contributed by atoms with Gasteiger partial charge >= 0.3 is 31.6 Å². The normalized spacial score (nSPS) is 7.50.